The number of halogens is 1. The summed E-state index contributed by atoms with van der Waals surface area (Å²) in [6.07, 6.45) is 5.24. The van der Waals surface area contributed by atoms with E-state index in [9.17, 15) is 4.79 Å². The number of aromatic nitrogens is 3. The predicted molar refractivity (Wildman–Crippen MR) is 104 cm³/mol. The van der Waals surface area contributed by atoms with Gasteiger partial charge in [-0.1, -0.05) is 0 Å². The molecule has 0 saturated carbocycles. The minimum absolute atomic E-state index is 0.130. The fraction of sp³-hybridized carbons (Fsp3) is 0.450. The number of piperazine rings is 1. The van der Waals surface area contributed by atoms with Gasteiger partial charge in [0.2, 0.25) is 0 Å². The van der Waals surface area contributed by atoms with E-state index in [-0.39, 0.29) is 18.0 Å². The number of carbonyl (C=O) groups excluding carboxylic acids is 1. The average molecular weight is 399 g/mol. The van der Waals surface area contributed by atoms with Crippen LogP contribution in [0.15, 0.2) is 24.7 Å². The second kappa shape index (κ2) is 7.14. The first kappa shape index (κ1) is 18.1. The maximum absolute atomic E-state index is 15.4. The Hall–Kier alpha value is -2.94. The van der Waals surface area contributed by atoms with E-state index < -0.39 is 0 Å². The smallest absolute Gasteiger partial charge is 0.410 e. The molecule has 2 aliphatic heterocycles. The predicted octanol–water partition coefficient (Wildman–Crippen LogP) is 1.87. The lowest BCUT2D eigenvalue weighted by Gasteiger charge is -2.37. The zero-order chi connectivity index (χ0) is 20.0. The molecule has 9 heteroatoms. The minimum Gasteiger partial charge on any atom is -0.441 e. The van der Waals surface area contributed by atoms with E-state index in [1.165, 1.54) is 0 Å². The normalized spacial score (nSPS) is 19.4. The molecular weight excluding hydrogens is 377 g/mol. The van der Waals surface area contributed by atoms with E-state index in [4.69, 9.17) is 9.47 Å². The molecule has 1 aliphatic carbocycles. The van der Waals surface area contributed by atoms with Crippen LogP contribution in [0.25, 0.3) is 11.4 Å². The van der Waals surface area contributed by atoms with Crippen molar-refractivity contribution in [1.29, 1.82) is 0 Å². The summed E-state index contributed by atoms with van der Waals surface area (Å²) in [5, 5.41) is 4.15. The number of hydrogen-bond acceptors (Lipinski definition) is 6. The Kier molecular flexibility index (Phi) is 4.46. The van der Waals surface area contributed by atoms with Crippen LogP contribution in [0.1, 0.15) is 16.8 Å². The number of carbonyl (C=O) groups is 1. The van der Waals surface area contributed by atoms with Crippen molar-refractivity contribution in [3.63, 3.8) is 0 Å². The highest BCUT2D eigenvalue weighted by Gasteiger charge is 2.32. The van der Waals surface area contributed by atoms with Gasteiger partial charge in [0.25, 0.3) is 0 Å². The summed E-state index contributed by atoms with van der Waals surface area (Å²) in [7, 11) is 1.82. The van der Waals surface area contributed by atoms with Gasteiger partial charge in [0.15, 0.2) is 6.10 Å². The van der Waals surface area contributed by atoms with Gasteiger partial charge in [0.05, 0.1) is 36.4 Å². The van der Waals surface area contributed by atoms with Gasteiger partial charge in [-0.3, -0.25) is 9.67 Å². The number of pyridine rings is 1. The molecule has 29 heavy (non-hydrogen) atoms. The molecule has 0 atom stereocenters. The molecule has 8 nitrogen and oxygen atoms in total. The summed E-state index contributed by atoms with van der Waals surface area (Å²) >= 11 is 0. The molecule has 0 spiro atoms. The quantitative estimate of drug-likeness (QED) is 0.785. The molecule has 5 rings (SSSR count). The average Bonchev–Trinajstić information content (AvgIpc) is 3.28. The highest BCUT2D eigenvalue weighted by Crippen LogP contribution is 2.43. The van der Waals surface area contributed by atoms with Crippen LogP contribution in [0.4, 0.5) is 14.9 Å². The van der Waals surface area contributed by atoms with Crippen molar-refractivity contribution < 1.29 is 18.7 Å². The first-order chi connectivity index (χ1) is 14.1. The van der Waals surface area contributed by atoms with Crippen LogP contribution in [-0.4, -0.2) is 71.3 Å². The molecule has 2 fully saturated rings. The fourth-order valence-electron chi connectivity index (χ4n) is 3.96. The van der Waals surface area contributed by atoms with Crippen LogP contribution in [0, 0.1) is 0 Å². The first-order valence-electron chi connectivity index (χ1n) is 9.74. The van der Waals surface area contributed by atoms with E-state index in [1.54, 1.807) is 22.0 Å². The zero-order valence-corrected chi connectivity index (χ0v) is 16.2. The van der Waals surface area contributed by atoms with Crippen LogP contribution < -0.4 is 4.90 Å². The largest absolute Gasteiger partial charge is 0.441 e. The Morgan fingerprint density at radius 2 is 2.07 bits per heavy atom. The number of fused-ring (bicyclic) bond motifs is 1. The van der Waals surface area contributed by atoms with Gasteiger partial charge in [-0.15, -0.1) is 0 Å². The molecule has 0 unspecified atom stereocenters. The van der Waals surface area contributed by atoms with Crippen LogP contribution in [0.5, 0.6) is 0 Å². The number of allylic oxidation sites excluding steroid dienone is 1. The van der Waals surface area contributed by atoms with Crippen LogP contribution >= 0.6 is 0 Å². The van der Waals surface area contributed by atoms with Gasteiger partial charge < -0.3 is 19.3 Å². The standard InChI is InChI=1S/C20H22FN5O3/c1-24-10-13(9-23-24)15-8-16-18(19(15)21)17(2-3-22-16)25-4-6-26(7-5-25)20(27)29-14-11-28-12-14/h2-3,9-10,14H,4-8,11-12H2,1H3. The number of hydrogen-bond donors (Lipinski definition) is 0. The maximum Gasteiger partial charge on any atom is 0.410 e. The van der Waals surface area contributed by atoms with Gasteiger partial charge >= 0.3 is 6.09 Å². The molecule has 0 bridgehead atoms. The summed E-state index contributed by atoms with van der Waals surface area (Å²) in [5.41, 5.74) is 3.53. The van der Waals surface area contributed by atoms with Gasteiger partial charge in [-0.05, 0) is 6.07 Å². The van der Waals surface area contributed by atoms with Crippen molar-refractivity contribution in [3.05, 3.63) is 41.5 Å². The maximum atomic E-state index is 15.4. The van der Waals surface area contributed by atoms with Gasteiger partial charge in [-0.25, -0.2) is 9.18 Å². The number of aryl methyl sites for hydroxylation is 1. The molecule has 0 aromatic carbocycles. The highest BCUT2D eigenvalue weighted by molar-refractivity contribution is 5.96. The number of nitrogens with zero attached hydrogens (tertiary/aromatic N) is 5. The number of amides is 1. The Morgan fingerprint density at radius 3 is 2.72 bits per heavy atom. The van der Waals surface area contributed by atoms with Crippen LogP contribution in [-0.2, 0) is 22.9 Å². The van der Waals surface area contributed by atoms with Crippen molar-refractivity contribution in [3.8, 4) is 0 Å². The Morgan fingerprint density at radius 1 is 1.28 bits per heavy atom. The molecule has 1 amide bonds. The molecule has 2 aromatic rings. The summed E-state index contributed by atoms with van der Waals surface area (Å²) in [4.78, 5) is 20.4. The lowest BCUT2D eigenvalue weighted by molar-refractivity contribution is -0.104. The number of ether oxygens (including phenoxy) is 2. The van der Waals surface area contributed by atoms with Crippen molar-refractivity contribution >= 4 is 23.2 Å². The molecule has 152 valence electrons. The van der Waals surface area contributed by atoms with E-state index in [1.807, 2.05) is 19.3 Å². The van der Waals surface area contributed by atoms with Gasteiger partial charge in [0, 0.05) is 63.2 Å². The zero-order valence-electron chi connectivity index (χ0n) is 16.2. The Balaban J connectivity index is 1.33. The van der Waals surface area contributed by atoms with Gasteiger partial charge in [0.1, 0.15) is 5.83 Å². The second-order valence-corrected chi connectivity index (χ2v) is 7.54. The first-order valence-corrected chi connectivity index (χ1v) is 9.74. The lowest BCUT2D eigenvalue weighted by Crippen LogP contribution is -2.51. The molecule has 4 heterocycles. The molecular formula is C20H22FN5O3. The Bertz CT molecular complexity index is 976. The molecule has 2 aromatic heterocycles. The Labute approximate surface area is 167 Å². The molecule has 3 aliphatic rings. The summed E-state index contributed by atoms with van der Waals surface area (Å²) < 4.78 is 27.5. The molecule has 2 saturated heterocycles. The molecule has 0 N–H and O–H groups in total. The van der Waals surface area contributed by atoms with Crippen LogP contribution in [0.3, 0.4) is 0 Å². The SMILES string of the molecule is Cn1cc(C2=C(F)c3c(N4CCN(C(=O)OC5COC5)CC4)ccnc3C2)cn1. The number of anilines is 1. The topological polar surface area (TPSA) is 72.7 Å². The van der Waals surface area contributed by atoms with Gasteiger partial charge in [-0.2, -0.15) is 5.10 Å². The second-order valence-electron chi connectivity index (χ2n) is 7.54. The summed E-state index contributed by atoms with van der Waals surface area (Å²) in [6.45, 7) is 3.23. The fourth-order valence-corrected chi connectivity index (χ4v) is 3.96. The lowest BCUT2D eigenvalue weighted by atomic mass is 10.1. The summed E-state index contributed by atoms with van der Waals surface area (Å²) in [5.74, 6) is -0.233. The van der Waals surface area contributed by atoms with Crippen molar-refractivity contribution in [2.75, 3.05) is 44.3 Å². The third-order valence-corrected chi connectivity index (χ3v) is 5.64. The van der Waals surface area contributed by atoms with E-state index >= 15 is 4.39 Å². The van der Waals surface area contributed by atoms with E-state index in [0.717, 1.165) is 16.9 Å². The van der Waals surface area contributed by atoms with Crippen molar-refractivity contribution in [2.24, 2.45) is 7.05 Å². The highest BCUT2D eigenvalue weighted by atomic mass is 19.1. The summed E-state index contributed by atoms with van der Waals surface area (Å²) in [6, 6.07) is 1.85. The number of rotatable bonds is 3. The van der Waals surface area contributed by atoms with Crippen molar-refractivity contribution in [2.45, 2.75) is 12.5 Å². The third kappa shape index (κ3) is 3.25. The molecule has 0 radical (unpaired) electrons. The third-order valence-electron chi connectivity index (χ3n) is 5.64. The van der Waals surface area contributed by atoms with E-state index in [0.29, 0.717) is 57.0 Å². The minimum atomic E-state index is -0.303. The monoisotopic (exact) mass is 399 g/mol. The van der Waals surface area contributed by atoms with Crippen LogP contribution in [0.2, 0.25) is 0 Å². The van der Waals surface area contributed by atoms with E-state index in [2.05, 4.69) is 15.0 Å². The van der Waals surface area contributed by atoms with Crippen molar-refractivity contribution in [1.82, 2.24) is 19.7 Å².